The maximum Gasteiger partial charge on any atom is 0.161 e. The van der Waals surface area contributed by atoms with E-state index in [9.17, 15) is 4.39 Å². The van der Waals surface area contributed by atoms with Gasteiger partial charge in [0.2, 0.25) is 0 Å². The van der Waals surface area contributed by atoms with Gasteiger partial charge in [-0.1, -0.05) is 40.3 Å². The average molecular weight is 432 g/mol. The van der Waals surface area contributed by atoms with E-state index in [2.05, 4.69) is 37.2 Å². The monoisotopic (exact) mass is 430 g/mol. The van der Waals surface area contributed by atoms with E-state index in [-0.39, 0.29) is 15.5 Å². The van der Waals surface area contributed by atoms with Gasteiger partial charge in [-0.15, -0.1) is 0 Å². The fourth-order valence-corrected chi connectivity index (χ4v) is 3.22. The maximum absolute atomic E-state index is 14.3. The summed E-state index contributed by atoms with van der Waals surface area (Å²) in [6.07, 6.45) is 0. The minimum atomic E-state index is -0.401. The van der Waals surface area contributed by atoms with Gasteiger partial charge in [-0.3, -0.25) is 0 Å². The Labute approximate surface area is 145 Å². The van der Waals surface area contributed by atoms with Crippen molar-refractivity contribution in [2.24, 2.45) is 5.73 Å². The molecule has 21 heavy (non-hydrogen) atoms. The highest BCUT2D eigenvalue weighted by Crippen LogP contribution is 2.30. The molecule has 0 aliphatic heterocycles. The molecule has 0 spiro atoms. The van der Waals surface area contributed by atoms with Crippen molar-refractivity contribution in [2.45, 2.75) is 13.0 Å². The summed E-state index contributed by atoms with van der Waals surface area (Å²) in [5.74, 6) is -0.401. The Kier molecular flexibility index (Phi) is 5.35. The third kappa shape index (κ3) is 3.81. The molecule has 2 aromatic rings. The van der Waals surface area contributed by atoms with Gasteiger partial charge in [-0.05, 0) is 52.7 Å². The molecule has 1 unspecified atom stereocenters. The highest BCUT2D eigenvalue weighted by Gasteiger charge is 2.15. The number of rotatable bonds is 4. The van der Waals surface area contributed by atoms with E-state index in [0.717, 1.165) is 10.0 Å². The molecule has 2 nitrogen and oxygen atoms in total. The summed E-state index contributed by atoms with van der Waals surface area (Å²) in [6, 6.07) is 11.2. The minimum absolute atomic E-state index is 0.0421. The normalized spacial score (nSPS) is 12.0. The van der Waals surface area contributed by atoms with Crippen LogP contribution >= 0.6 is 44.1 Å². The molecule has 2 rings (SSSR count). The van der Waals surface area contributed by atoms with Crippen LogP contribution in [-0.4, -0.2) is 4.99 Å². The summed E-state index contributed by atoms with van der Waals surface area (Å²) < 4.78 is 15.6. The van der Waals surface area contributed by atoms with Crippen LogP contribution in [0.5, 0.6) is 0 Å². The molecule has 2 aromatic carbocycles. The third-order valence-corrected chi connectivity index (χ3v) is 4.56. The van der Waals surface area contributed by atoms with Gasteiger partial charge >= 0.3 is 0 Å². The highest BCUT2D eigenvalue weighted by atomic mass is 79.9. The second kappa shape index (κ2) is 6.85. The number of thiocarbonyl (C=S) groups is 1. The lowest BCUT2D eigenvalue weighted by atomic mass is 10.1. The van der Waals surface area contributed by atoms with E-state index in [1.54, 1.807) is 12.1 Å². The second-order valence-electron chi connectivity index (χ2n) is 4.57. The van der Waals surface area contributed by atoms with Crippen LogP contribution in [0.1, 0.15) is 24.1 Å². The van der Waals surface area contributed by atoms with Crippen LogP contribution in [0.15, 0.2) is 45.3 Å². The van der Waals surface area contributed by atoms with Crippen LogP contribution in [0.3, 0.4) is 0 Å². The molecule has 0 aliphatic rings. The zero-order valence-corrected chi connectivity index (χ0v) is 15.1. The first kappa shape index (κ1) is 16.4. The summed E-state index contributed by atoms with van der Waals surface area (Å²) in [7, 11) is 0. The zero-order chi connectivity index (χ0) is 15.6. The molecule has 0 aromatic heterocycles. The van der Waals surface area contributed by atoms with Crippen molar-refractivity contribution in [1.29, 1.82) is 0 Å². The van der Waals surface area contributed by atoms with E-state index < -0.39 is 5.82 Å². The first-order valence-corrected chi connectivity index (χ1v) is 8.19. The molecule has 0 bridgehead atoms. The first-order valence-electron chi connectivity index (χ1n) is 6.20. The van der Waals surface area contributed by atoms with Crippen LogP contribution < -0.4 is 11.1 Å². The number of nitrogens with one attached hydrogen (secondary N) is 1. The van der Waals surface area contributed by atoms with E-state index in [4.69, 9.17) is 18.0 Å². The molecular formula is C15H13Br2FN2S. The standard InChI is InChI=1S/C15H13Br2FN2S/c1-8(9-3-2-4-10(16)7-9)20-12-6-5-11(15(19)21)13(17)14(12)18/h2-8,20H,1H3,(H2,19,21). The number of benzene rings is 2. The van der Waals surface area contributed by atoms with Crippen molar-refractivity contribution in [3.05, 3.63) is 62.3 Å². The van der Waals surface area contributed by atoms with Gasteiger partial charge in [0.05, 0.1) is 10.2 Å². The van der Waals surface area contributed by atoms with Crippen molar-refractivity contribution in [3.8, 4) is 0 Å². The Bertz CT molecular complexity index is 691. The molecule has 0 saturated carbocycles. The SMILES string of the molecule is CC(Nc1ccc(C(N)=S)c(Br)c1F)c1cccc(Br)c1. The van der Waals surface area contributed by atoms with Crippen molar-refractivity contribution in [1.82, 2.24) is 0 Å². The molecule has 0 saturated heterocycles. The van der Waals surface area contributed by atoms with E-state index in [0.29, 0.717) is 11.3 Å². The summed E-state index contributed by atoms with van der Waals surface area (Å²) in [6.45, 7) is 1.97. The predicted octanol–water partition coefficient (Wildman–Crippen LogP) is 5.16. The molecular weight excluding hydrogens is 419 g/mol. The number of nitrogens with two attached hydrogens (primary N) is 1. The third-order valence-electron chi connectivity index (χ3n) is 3.07. The lowest BCUT2D eigenvalue weighted by Gasteiger charge is -2.18. The fraction of sp³-hybridized carbons (Fsp3) is 0.133. The maximum atomic E-state index is 14.3. The number of hydrogen-bond donors (Lipinski definition) is 2. The summed E-state index contributed by atoms with van der Waals surface area (Å²) in [5.41, 5.74) is 7.49. The van der Waals surface area contributed by atoms with Crippen LogP contribution in [0.2, 0.25) is 0 Å². The summed E-state index contributed by atoms with van der Waals surface area (Å²) >= 11 is 11.5. The topological polar surface area (TPSA) is 38.0 Å². The highest BCUT2D eigenvalue weighted by molar-refractivity contribution is 9.10. The van der Waals surface area contributed by atoms with Gasteiger partial charge in [0.25, 0.3) is 0 Å². The van der Waals surface area contributed by atoms with Gasteiger partial charge in [0, 0.05) is 16.1 Å². The van der Waals surface area contributed by atoms with Crippen LogP contribution in [0, 0.1) is 5.82 Å². The van der Waals surface area contributed by atoms with Gasteiger partial charge in [-0.2, -0.15) is 0 Å². The Morgan fingerprint density at radius 1 is 1.29 bits per heavy atom. The zero-order valence-electron chi connectivity index (χ0n) is 11.2. The summed E-state index contributed by atoms with van der Waals surface area (Å²) in [4.78, 5) is 0.160. The lowest BCUT2D eigenvalue weighted by Crippen LogP contribution is -2.13. The van der Waals surface area contributed by atoms with E-state index in [1.807, 2.05) is 31.2 Å². The van der Waals surface area contributed by atoms with Crippen LogP contribution in [-0.2, 0) is 0 Å². The fourth-order valence-electron chi connectivity index (χ4n) is 1.94. The number of hydrogen-bond acceptors (Lipinski definition) is 2. The van der Waals surface area contributed by atoms with Crippen molar-refractivity contribution in [2.75, 3.05) is 5.32 Å². The largest absolute Gasteiger partial charge is 0.389 e. The second-order valence-corrected chi connectivity index (χ2v) is 6.72. The van der Waals surface area contributed by atoms with Crippen LogP contribution in [0.25, 0.3) is 0 Å². The van der Waals surface area contributed by atoms with Gasteiger partial charge in [-0.25, -0.2) is 4.39 Å². The molecule has 0 heterocycles. The molecule has 110 valence electrons. The average Bonchev–Trinajstić information content (AvgIpc) is 2.43. The minimum Gasteiger partial charge on any atom is -0.389 e. The number of halogens is 3. The van der Waals surface area contributed by atoms with Crippen molar-refractivity contribution in [3.63, 3.8) is 0 Å². The molecule has 3 N–H and O–H groups in total. The quantitative estimate of drug-likeness (QED) is 0.656. The molecule has 0 fully saturated rings. The van der Waals surface area contributed by atoms with Gasteiger partial charge in [0.15, 0.2) is 5.82 Å². The van der Waals surface area contributed by atoms with Crippen molar-refractivity contribution >= 4 is 54.8 Å². The Balaban J connectivity index is 2.28. The van der Waals surface area contributed by atoms with Crippen LogP contribution in [0.4, 0.5) is 10.1 Å². The van der Waals surface area contributed by atoms with Gasteiger partial charge < -0.3 is 11.1 Å². The Morgan fingerprint density at radius 3 is 2.62 bits per heavy atom. The molecule has 6 heteroatoms. The van der Waals surface area contributed by atoms with E-state index in [1.165, 1.54) is 0 Å². The predicted molar refractivity (Wildman–Crippen MR) is 96.2 cm³/mol. The molecule has 0 radical (unpaired) electrons. The molecule has 0 aliphatic carbocycles. The van der Waals surface area contributed by atoms with Crippen molar-refractivity contribution < 1.29 is 4.39 Å². The smallest absolute Gasteiger partial charge is 0.161 e. The summed E-state index contributed by atoms with van der Waals surface area (Å²) in [5, 5.41) is 3.15. The molecule has 0 amide bonds. The van der Waals surface area contributed by atoms with E-state index >= 15 is 0 Å². The Morgan fingerprint density at radius 2 is 2.00 bits per heavy atom. The number of anilines is 1. The first-order chi connectivity index (χ1) is 9.90. The van der Waals surface area contributed by atoms with Gasteiger partial charge in [0.1, 0.15) is 4.99 Å². The molecule has 1 atom stereocenters. The lowest BCUT2D eigenvalue weighted by molar-refractivity contribution is 0.620. The Hall–Kier alpha value is -0.980.